The molecule has 0 aliphatic heterocycles. The molecule has 0 radical (unpaired) electrons. The number of aromatic nitrogens is 3. The highest BCUT2D eigenvalue weighted by molar-refractivity contribution is 5.79. The fourth-order valence-electron chi connectivity index (χ4n) is 1.93. The Morgan fingerprint density at radius 3 is 2.83 bits per heavy atom. The summed E-state index contributed by atoms with van der Waals surface area (Å²) in [6, 6.07) is 7.64. The molecule has 1 heterocycles. The van der Waals surface area contributed by atoms with Gasteiger partial charge >= 0.3 is 0 Å². The third kappa shape index (κ3) is 2.67. The molecule has 1 aromatic carbocycles. The van der Waals surface area contributed by atoms with Gasteiger partial charge in [-0.2, -0.15) is 0 Å². The van der Waals surface area contributed by atoms with E-state index >= 15 is 0 Å². The van der Waals surface area contributed by atoms with Gasteiger partial charge in [0, 0.05) is 13.6 Å². The standard InChI is InChI=1S/C13H18N4O/c1-10(2)8-16(3)13(18)9-17-12-7-5-4-6-11(12)14-15-17/h4-7,10H,8-9H2,1-3H3. The highest BCUT2D eigenvalue weighted by Gasteiger charge is 2.13. The molecule has 0 N–H and O–H groups in total. The van der Waals surface area contributed by atoms with Gasteiger partial charge in [-0.15, -0.1) is 5.10 Å². The van der Waals surface area contributed by atoms with Crippen molar-refractivity contribution in [1.82, 2.24) is 19.9 Å². The Labute approximate surface area is 106 Å². The lowest BCUT2D eigenvalue weighted by atomic mass is 10.2. The Balaban J connectivity index is 2.12. The molecule has 0 atom stereocenters. The van der Waals surface area contributed by atoms with Crippen LogP contribution in [-0.2, 0) is 11.3 Å². The predicted octanol–water partition coefficient (Wildman–Crippen LogP) is 1.55. The van der Waals surface area contributed by atoms with Gasteiger partial charge in [0.1, 0.15) is 12.1 Å². The smallest absolute Gasteiger partial charge is 0.244 e. The van der Waals surface area contributed by atoms with Crippen LogP contribution in [0.2, 0.25) is 0 Å². The second-order valence-corrected chi connectivity index (χ2v) is 4.90. The molecule has 0 aliphatic rings. The number of hydrogen-bond donors (Lipinski definition) is 0. The number of nitrogens with zero attached hydrogens (tertiary/aromatic N) is 4. The average Bonchev–Trinajstić information content (AvgIpc) is 2.72. The van der Waals surface area contributed by atoms with E-state index in [2.05, 4.69) is 24.2 Å². The quantitative estimate of drug-likeness (QED) is 0.822. The maximum absolute atomic E-state index is 12.0. The zero-order chi connectivity index (χ0) is 13.1. The number of carbonyl (C=O) groups is 1. The minimum atomic E-state index is 0.0550. The number of para-hydroxylation sites is 1. The molecule has 5 heteroatoms. The maximum Gasteiger partial charge on any atom is 0.244 e. The summed E-state index contributed by atoms with van der Waals surface area (Å²) in [5.41, 5.74) is 1.71. The van der Waals surface area contributed by atoms with E-state index in [4.69, 9.17) is 0 Å². The first kappa shape index (κ1) is 12.5. The number of benzene rings is 1. The second-order valence-electron chi connectivity index (χ2n) is 4.90. The van der Waals surface area contributed by atoms with Crippen molar-refractivity contribution in [3.8, 4) is 0 Å². The molecule has 1 amide bonds. The van der Waals surface area contributed by atoms with Gasteiger partial charge in [0.25, 0.3) is 0 Å². The average molecular weight is 246 g/mol. The van der Waals surface area contributed by atoms with E-state index in [-0.39, 0.29) is 12.5 Å². The van der Waals surface area contributed by atoms with Crippen molar-refractivity contribution >= 4 is 16.9 Å². The fraction of sp³-hybridized carbons (Fsp3) is 0.462. The minimum absolute atomic E-state index is 0.0550. The maximum atomic E-state index is 12.0. The van der Waals surface area contributed by atoms with E-state index in [9.17, 15) is 4.79 Å². The first-order chi connectivity index (χ1) is 8.58. The molecule has 0 aliphatic carbocycles. The van der Waals surface area contributed by atoms with Crippen LogP contribution < -0.4 is 0 Å². The number of rotatable bonds is 4. The van der Waals surface area contributed by atoms with Crippen molar-refractivity contribution < 1.29 is 4.79 Å². The van der Waals surface area contributed by atoms with Crippen molar-refractivity contribution in [1.29, 1.82) is 0 Å². The van der Waals surface area contributed by atoms with Crippen molar-refractivity contribution in [3.63, 3.8) is 0 Å². The van der Waals surface area contributed by atoms with Crippen molar-refractivity contribution in [2.45, 2.75) is 20.4 Å². The Hall–Kier alpha value is -1.91. The zero-order valence-electron chi connectivity index (χ0n) is 11.0. The lowest BCUT2D eigenvalue weighted by Crippen LogP contribution is -2.33. The molecule has 1 aromatic heterocycles. The van der Waals surface area contributed by atoms with E-state index < -0.39 is 0 Å². The Kier molecular flexibility index (Phi) is 3.60. The van der Waals surface area contributed by atoms with Gasteiger partial charge in [0.15, 0.2) is 0 Å². The fourth-order valence-corrected chi connectivity index (χ4v) is 1.93. The molecular formula is C13H18N4O. The van der Waals surface area contributed by atoms with Crippen LogP contribution in [0, 0.1) is 5.92 Å². The molecule has 2 rings (SSSR count). The molecule has 96 valence electrons. The Morgan fingerprint density at radius 2 is 2.11 bits per heavy atom. The first-order valence-corrected chi connectivity index (χ1v) is 6.10. The number of amides is 1. The lowest BCUT2D eigenvalue weighted by Gasteiger charge is -2.19. The molecule has 2 aromatic rings. The molecule has 18 heavy (non-hydrogen) atoms. The van der Waals surface area contributed by atoms with Crippen LogP contribution in [-0.4, -0.2) is 39.4 Å². The molecule has 0 saturated heterocycles. The van der Waals surface area contributed by atoms with E-state index in [1.807, 2.05) is 31.3 Å². The molecule has 0 spiro atoms. The highest BCUT2D eigenvalue weighted by Crippen LogP contribution is 2.09. The van der Waals surface area contributed by atoms with Gasteiger partial charge in [-0.3, -0.25) is 4.79 Å². The summed E-state index contributed by atoms with van der Waals surface area (Å²) < 4.78 is 1.65. The predicted molar refractivity (Wildman–Crippen MR) is 70.0 cm³/mol. The van der Waals surface area contributed by atoms with Crippen LogP contribution in [0.25, 0.3) is 11.0 Å². The number of fused-ring (bicyclic) bond motifs is 1. The van der Waals surface area contributed by atoms with Crippen molar-refractivity contribution in [2.24, 2.45) is 5.92 Å². The summed E-state index contributed by atoms with van der Waals surface area (Å²) >= 11 is 0. The first-order valence-electron chi connectivity index (χ1n) is 6.10. The summed E-state index contributed by atoms with van der Waals surface area (Å²) in [6.45, 7) is 5.18. The summed E-state index contributed by atoms with van der Waals surface area (Å²) in [4.78, 5) is 13.8. The number of carbonyl (C=O) groups excluding carboxylic acids is 1. The van der Waals surface area contributed by atoms with Crippen LogP contribution in [0.15, 0.2) is 24.3 Å². The molecule has 5 nitrogen and oxygen atoms in total. The second kappa shape index (κ2) is 5.16. The van der Waals surface area contributed by atoms with Crippen molar-refractivity contribution in [3.05, 3.63) is 24.3 Å². The largest absolute Gasteiger partial charge is 0.344 e. The third-order valence-electron chi connectivity index (χ3n) is 2.77. The van der Waals surface area contributed by atoms with Gasteiger partial charge in [-0.1, -0.05) is 31.2 Å². The molecule has 0 saturated carbocycles. The van der Waals surface area contributed by atoms with Crippen LogP contribution in [0.3, 0.4) is 0 Å². The van der Waals surface area contributed by atoms with Crippen LogP contribution in [0.4, 0.5) is 0 Å². The normalized spacial score (nSPS) is 11.1. The van der Waals surface area contributed by atoms with Crippen LogP contribution in [0.1, 0.15) is 13.8 Å². The summed E-state index contributed by atoms with van der Waals surface area (Å²) in [6.07, 6.45) is 0. The van der Waals surface area contributed by atoms with E-state index in [1.165, 1.54) is 0 Å². The zero-order valence-corrected chi connectivity index (χ0v) is 11.0. The Bertz CT molecular complexity index is 547. The number of hydrogen-bond acceptors (Lipinski definition) is 3. The van der Waals surface area contributed by atoms with Gasteiger partial charge in [0.2, 0.25) is 5.91 Å². The third-order valence-corrected chi connectivity index (χ3v) is 2.77. The van der Waals surface area contributed by atoms with Gasteiger partial charge in [-0.05, 0) is 18.1 Å². The molecule has 0 fully saturated rings. The minimum Gasteiger partial charge on any atom is -0.344 e. The number of likely N-dealkylation sites (N-methyl/N-ethyl adjacent to an activating group) is 1. The Morgan fingerprint density at radius 1 is 1.39 bits per heavy atom. The van der Waals surface area contributed by atoms with Crippen molar-refractivity contribution in [2.75, 3.05) is 13.6 Å². The topological polar surface area (TPSA) is 51.0 Å². The SMILES string of the molecule is CC(C)CN(C)C(=O)Cn1nnc2ccccc21. The molecular weight excluding hydrogens is 228 g/mol. The van der Waals surface area contributed by atoms with E-state index in [1.54, 1.807) is 9.58 Å². The van der Waals surface area contributed by atoms with E-state index in [0.29, 0.717) is 5.92 Å². The summed E-state index contributed by atoms with van der Waals surface area (Å²) in [5, 5.41) is 8.05. The monoisotopic (exact) mass is 246 g/mol. The lowest BCUT2D eigenvalue weighted by molar-refractivity contribution is -0.131. The highest BCUT2D eigenvalue weighted by atomic mass is 16.2. The van der Waals surface area contributed by atoms with Gasteiger partial charge < -0.3 is 4.90 Å². The van der Waals surface area contributed by atoms with Gasteiger partial charge in [-0.25, -0.2) is 4.68 Å². The molecule has 0 unspecified atom stereocenters. The van der Waals surface area contributed by atoms with E-state index in [0.717, 1.165) is 17.6 Å². The molecule has 0 bridgehead atoms. The summed E-state index contributed by atoms with van der Waals surface area (Å²) in [7, 11) is 1.82. The van der Waals surface area contributed by atoms with Gasteiger partial charge in [0.05, 0.1) is 5.52 Å². The summed E-state index contributed by atoms with van der Waals surface area (Å²) in [5.74, 6) is 0.519. The van der Waals surface area contributed by atoms with Crippen LogP contribution in [0.5, 0.6) is 0 Å². The van der Waals surface area contributed by atoms with Crippen LogP contribution >= 0.6 is 0 Å².